The van der Waals surface area contributed by atoms with Crippen molar-refractivity contribution in [3.8, 4) is 0 Å². The summed E-state index contributed by atoms with van der Waals surface area (Å²) in [6.07, 6.45) is 0.840. The van der Waals surface area contributed by atoms with Gasteiger partial charge in [0, 0.05) is 29.8 Å². The van der Waals surface area contributed by atoms with Crippen LogP contribution in [0, 0.1) is 5.92 Å². The average Bonchev–Trinajstić information content (AvgIpc) is 2.43. The predicted octanol–water partition coefficient (Wildman–Crippen LogP) is 3.24. The van der Waals surface area contributed by atoms with E-state index in [4.69, 9.17) is 15.0 Å². The zero-order chi connectivity index (χ0) is 17.1. The molecule has 0 aromatic rings. The van der Waals surface area contributed by atoms with Crippen LogP contribution in [0.4, 0.5) is 0 Å². The van der Waals surface area contributed by atoms with E-state index in [0.29, 0.717) is 34.4 Å². The van der Waals surface area contributed by atoms with Crippen molar-refractivity contribution in [2.75, 3.05) is 19.2 Å². The molecule has 0 fully saturated rings. The SMILES string of the molecule is CC(N)C(C)C(=O)SCCCOCOPN(C(C)C)C(C)C. The fraction of sp³-hybridized carbons (Fsp3) is 0.933. The summed E-state index contributed by atoms with van der Waals surface area (Å²) < 4.78 is 13.3. The van der Waals surface area contributed by atoms with Crippen LogP contribution in [0.1, 0.15) is 48.0 Å². The average molecular weight is 352 g/mol. The normalized spacial score (nSPS) is 15.4. The monoisotopic (exact) mass is 352 g/mol. The molecule has 0 aromatic heterocycles. The summed E-state index contributed by atoms with van der Waals surface area (Å²) in [4.78, 5) is 11.7. The Balaban J connectivity index is 3.57. The fourth-order valence-corrected chi connectivity index (χ4v) is 3.34. The van der Waals surface area contributed by atoms with E-state index in [9.17, 15) is 4.79 Å². The lowest BCUT2D eigenvalue weighted by Gasteiger charge is -2.29. The highest BCUT2D eigenvalue weighted by Gasteiger charge is 2.17. The lowest BCUT2D eigenvalue weighted by molar-refractivity contribution is -0.114. The maximum atomic E-state index is 11.7. The molecule has 0 aliphatic carbocycles. The minimum atomic E-state index is -0.0894. The van der Waals surface area contributed by atoms with E-state index in [-0.39, 0.29) is 17.1 Å². The number of carbonyl (C=O) groups excluding carboxylic acids is 1. The number of nitrogens with zero attached hydrogens (tertiary/aromatic N) is 1. The molecule has 0 saturated heterocycles. The third-order valence-electron chi connectivity index (χ3n) is 3.26. The molecule has 0 rings (SSSR count). The Morgan fingerprint density at radius 3 is 2.27 bits per heavy atom. The zero-order valence-corrected chi connectivity index (χ0v) is 16.6. The van der Waals surface area contributed by atoms with Crippen molar-refractivity contribution in [3.05, 3.63) is 0 Å². The molecule has 0 amide bonds. The third kappa shape index (κ3) is 10.1. The molecular weight excluding hydrogens is 319 g/mol. The molecular formula is C15H33N2O3PS. The first-order valence-corrected chi connectivity index (χ1v) is 9.77. The van der Waals surface area contributed by atoms with Gasteiger partial charge in [0.2, 0.25) is 0 Å². The first-order valence-electron chi connectivity index (χ1n) is 7.93. The molecule has 2 N–H and O–H groups in total. The topological polar surface area (TPSA) is 64.8 Å². The van der Waals surface area contributed by atoms with Crippen LogP contribution in [0.15, 0.2) is 0 Å². The second kappa shape index (κ2) is 12.7. The van der Waals surface area contributed by atoms with E-state index in [1.165, 1.54) is 11.8 Å². The van der Waals surface area contributed by atoms with E-state index < -0.39 is 0 Å². The van der Waals surface area contributed by atoms with Crippen LogP contribution in [0.2, 0.25) is 0 Å². The molecule has 0 aliphatic rings. The molecule has 0 bridgehead atoms. The van der Waals surface area contributed by atoms with Gasteiger partial charge in [0.25, 0.3) is 0 Å². The Kier molecular flexibility index (Phi) is 12.8. The van der Waals surface area contributed by atoms with Gasteiger partial charge >= 0.3 is 0 Å². The van der Waals surface area contributed by atoms with Crippen molar-refractivity contribution in [2.45, 2.75) is 66.1 Å². The number of ether oxygens (including phenoxy) is 1. The molecule has 22 heavy (non-hydrogen) atoms. The summed E-state index contributed by atoms with van der Waals surface area (Å²) >= 11 is 1.34. The van der Waals surface area contributed by atoms with Gasteiger partial charge in [0.05, 0.1) is 15.6 Å². The summed E-state index contributed by atoms with van der Waals surface area (Å²) in [5.41, 5.74) is 5.71. The van der Waals surface area contributed by atoms with Crippen LogP contribution in [0.25, 0.3) is 0 Å². The molecule has 0 spiro atoms. The van der Waals surface area contributed by atoms with Gasteiger partial charge in [0.1, 0.15) is 0 Å². The van der Waals surface area contributed by atoms with Gasteiger partial charge < -0.3 is 15.0 Å². The Morgan fingerprint density at radius 2 is 1.77 bits per heavy atom. The Bertz CT molecular complexity index is 297. The van der Waals surface area contributed by atoms with E-state index in [0.717, 1.165) is 12.2 Å². The summed E-state index contributed by atoms with van der Waals surface area (Å²) in [7, 11) is 0.321. The summed E-state index contributed by atoms with van der Waals surface area (Å²) in [5.74, 6) is 0.677. The lowest BCUT2D eigenvalue weighted by atomic mass is 10.1. The number of hydrogen-bond donors (Lipinski definition) is 1. The van der Waals surface area contributed by atoms with Crippen molar-refractivity contribution in [1.29, 1.82) is 0 Å². The van der Waals surface area contributed by atoms with E-state index in [1.807, 2.05) is 13.8 Å². The highest BCUT2D eigenvalue weighted by Crippen LogP contribution is 2.25. The van der Waals surface area contributed by atoms with Crippen molar-refractivity contribution in [1.82, 2.24) is 4.67 Å². The smallest absolute Gasteiger partial charge is 0.193 e. The molecule has 3 atom stereocenters. The van der Waals surface area contributed by atoms with E-state index in [1.54, 1.807) is 0 Å². The van der Waals surface area contributed by atoms with Crippen molar-refractivity contribution < 1.29 is 14.1 Å². The number of hydrogen-bond acceptors (Lipinski definition) is 6. The Hall–Kier alpha value is 0.290. The molecule has 0 heterocycles. The Labute approximate surface area is 142 Å². The molecule has 0 radical (unpaired) electrons. The van der Waals surface area contributed by atoms with Crippen LogP contribution in [-0.2, 0) is 14.1 Å². The number of carbonyl (C=O) groups is 1. The van der Waals surface area contributed by atoms with E-state index in [2.05, 4.69) is 32.4 Å². The molecule has 3 unspecified atom stereocenters. The minimum absolute atomic E-state index is 0.0875. The van der Waals surface area contributed by atoms with Crippen LogP contribution in [0.5, 0.6) is 0 Å². The molecule has 7 heteroatoms. The maximum absolute atomic E-state index is 11.7. The van der Waals surface area contributed by atoms with Gasteiger partial charge in [-0.05, 0) is 41.0 Å². The van der Waals surface area contributed by atoms with Gasteiger partial charge in [-0.15, -0.1) is 0 Å². The first-order chi connectivity index (χ1) is 10.3. The zero-order valence-electron chi connectivity index (χ0n) is 14.8. The van der Waals surface area contributed by atoms with Crippen LogP contribution < -0.4 is 5.73 Å². The van der Waals surface area contributed by atoms with Gasteiger partial charge in [0.15, 0.2) is 11.9 Å². The van der Waals surface area contributed by atoms with Gasteiger partial charge in [-0.3, -0.25) is 9.46 Å². The summed E-state index contributed by atoms with van der Waals surface area (Å²) in [5, 5.41) is 0.164. The fourth-order valence-electron chi connectivity index (χ4n) is 1.69. The van der Waals surface area contributed by atoms with Gasteiger partial charge in [-0.25, -0.2) is 0 Å². The molecule has 132 valence electrons. The van der Waals surface area contributed by atoms with Gasteiger partial charge in [-0.2, -0.15) is 0 Å². The summed E-state index contributed by atoms with van der Waals surface area (Å²) in [6, 6.07) is 0.843. The van der Waals surface area contributed by atoms with Crippen LogP contribution >= 0.6 is 20.7 Å². The minimum Gasteiger partial charge on any atom is -0.355 e. The van der Waals surface area contributed by atoms with Crippen LogP contribution in [0.3, 0.4) is 0 Å². The lowest BCUT2D eigenvalue weighted by Crippen LogP contribution is -2.29. The molecule has 0 aliphatic heterocycles. The quantitative estimate of drug-likeness (QED) is 0.330. The third-order valence-corrected chi connectivity index (χ3v) is 5.90. The van der Waals surface area contributed by atoms with Crippen molar-refractivity contribution >= 4 is 25.8 Å². The van der Waals surface area contributed by atoms with E-state index >= 15 is 0 Å². The highest BCUT2D eigenvalue weighted by molar-refractivity contribution is 8.13. The summed E-state index contributed by atoms with van der Waals surface area (Å²) in [6.45, 7) is 13.3. The van der Waals surface area contributed by atoms with Crippen molar-refractivity contribution in [3.63, 3.8) is 0 Å². The van der Waals surface area contributed by atoms with Crippen LogP contribution in [-0.4, -0.2) is 47.1 Å². The second-order valence-corrected chi connectivity index (χ2v) is 8.11. The molecule has 0 saturated carbocycles. The first kappa shape index (κ1) is 22.3. The maximum Gasteiger partial charge on any atom is 0.193 e. The van der Waals surface area contributed by atoms with Crippen molar-refractivity contribution in [2.24, 2.45) is 11.7 Å². The molecule has 0 aromatic carbocycles. The van der Waals surface area contributed by atoms with Gasteiger partial charge in [-0.1, -0.05) is 18.7 Å². The second-order valence-electron chi connectivity index (χ2n) is 6.03. The number of rotatable bonds is 12. The standard InChI is InChI=1S/C15H33N2O3PS/c1-11(2)17(12(3)4)21-20-10-19-8-7-9-22-15(18)13(5)14(6)16/h11-14,21H,7-10,16H2,1-6H3. The number of nitrogens with two attached hydrogens (primary N) is 1. The Morgan fingerprint density at radius 1 is 1.18 bits per heavy atom. The largest absolute Gasteiger partial charge is 0.355 e. The number of thioether (sulfide) groups is 1. The molecule has 5 nitrogen and oxygen atoms in total. The predicted molar refractivity (Wildman–Crippen MR) is 97.2 cm³/mol. The highest BCUT2D eigenvalue weighted by atomic mass is 32.2.